The molecule has 2 aromatic rings. The Labute approximate surface area is 122 Å². The number of nitrogens with zero attached hydrogens (tertiary/aromatic N) is 2. The third-order valence-electron chi connectivity index (χ3n) is 2.76. The van der Waals surface area contributed by atoms with Gasteiger partial charge in [-0.2, -0.15) is 0 Å². The molecule has 0 fully saturated rings. The number of hydrogen-bond acceptors (Lipinski definition) is 3. The number of aryl methyl sites for hydroxylation is 1. The van der Waals surface area contributed by atoms with Gasteiger partial charge in [-0.25, -0.2) is 14.4 Å². The van der Waals surface area contributed by atoms with Gasteiger partial charge >= 0.3 is 0 Å². The highest BCUT2D eigenvalue weighted by atomic mass is 35.5. The first-order chi connectivity index (χ1) is 9.52. The molecule has 1 aromatic heterocycles. The molecule has 0 bridgehead atoms. The SMILES string of the molecule is CCc1ncnc(-c2ccc(OC(C)C)cc2F)c1Cl. The Kier molecular flexibility index (Phi) is 4.55. The van der Waals surface area contributed by atoms with E-state index in [1.165, 1.54) is 12.4 Å². The number of aromatic nitrogens is 2. The Hall–Kier alpha value is -1.68. The molecule has 0 unspecified atom stereocenters. The smallest absolute Gasteiger partial charge is 0.136 e. The monoisotopic (exact) mass is 294 g/mol. The van der Waals surface area contributed by atoms with Gasteiger partial charge in [-0.05, 0) is 32.4 Å². The molecule has 0 atom stereocenters. The van der Waals surface area contributed by atoms with Gasteiger partial charge in [-0.15, -0.1) is 0 Å². The number of ether oxygens (including phenoxy) is 1. The molecule has 3 nitrogen and oxygen atoms in total. The summed E-state index contributed by atoms with van der Waals surface area (Å²) in [6.45, 7) is 5.72. The molecule has 2 rings (SSSR count). The summed E-state index contributed by atoms with van der Waals surface area (Å²) in [6, 6.07) is 4.68. The topological polar surface area (TPSA) is 35.0 Å². The van der Waals surface area contributed by atoms with E-state index >= 15 is 0 Å². The molecule has 1 aromatic carbocycles. The Bertz CT molecular complexity index is 617. The molecule has 0 amide bonds. The summed E-state index contributed by atoms with van der Waals surface area (Å²) in [6.07, 6.45) is 2.07. The summed E-state index contributed by atoms with van der Waals surface area (Å²) in [7, 11) is 0. The van der Waals surface area contributed by atoms with Crippen molar-refractivity contribution >= 4 is 11.6 Å². The van der Waals surface area contributed by atoms with E-state index in [1.807, 2.05) is 20.8 Å². The second-order valence-corrected chi connectivity index (χ2v) is 5.02. The first-order valence-electron chi connectivity index (χ1n) is 6.48. The minimum absolute atomic E-state index is 0.00502. The maximum Gasteiger partial charge on any atom is 0.136 e. The van der Waals surface area contributed by atoms with Crippen LogP contribution in [0.4, 0.5) is 4.39 Å². The minimum atomic E-state index is -0.411. The molecule has 0 radical (unpaired) electrons. The minimum Gasteiger partial charge on any atom is -0.491 e. The maximum atomic E-state index is 14.2. The number of halogens is 2. The van der Waals surface area contributed by atoms with Crippen LogP contribution in [0.1, 0.15) is 26.5 Å². The standard InChI is InChI=1S/C15H16ClFN2O/c1-4-13-14(16)15(19-8-18-13)11-6-5-10(7-12(11)17)20-9(2)3/h5-9H,4H2,1-3H3. The Morgan fingerprint density at radius 3 is 2.65 bits per heavy atom. The normalized spacial score (nSPS) is 10.9. The zero-order chi connectivity index (χ0) is 14.7. The lowest BCUT2D eigenvalue weighted by Crippen LogP contribution is -2.05. The second-order valence-electron chi connectivity index (χ2n) is 4.64. The van der Waals surface area contributed by atoms with Gasteiger partial charge < -0.3 is 4.74 Å². The molecule has 106 valence electrons. The van der Waals surface area contributed by atoms with Crippen LogP contribution in [0, 0.1) is 5.82 Å². The first-order valence-corrected chi connectivity index (χ1v) is 6.86. The van der Waals surface area contributed by atoms with Crippen molar-refractivity contribution in [3.05, 3.63) is 41.1 Å². The lowest BCUT2D eigenvalue weighted by Gasteiger charge is -2.12. The fourth-order valence-corrected chi connectivity index (χ4v) is 2.21. The summed E-state index contributed by atoms with van der Waals surface area (Å²) in [4.78, 5) is 8.16. The highest BCUT2D eigenvalue weighted by molar-refractivity contribution is 6.33. The van der Waals surface area contributed by atoms with Crippen molar-refractivity contribution in [3.8, 4) is 17.0 Å². The van der Waals surface area contributed by atoms with Gasteiger partial charge in [-0.1, -0.05) is 18.5 Å². The van der Waals surface area contributed by atoms with Crippen LogP contribution < -0.4 is 4.74 Å². The number of hydrogen-bond donors (Lipinski definition) is 0. The van der Waals surface area contributed by atoms with Gasteiger partial charge in [0.05, 0.1) is 22.5 Å². The van der Waals surface area contributed by atoms with E-state index in [4.69, 9.17) is 16.3 Å². The van der Waals surface area contributed by atoms with Crippen LogP contribution in [0.25, 0.3) is 11.3 Å². The van der Waals surface area contributed by atoms with Crippen molar-refractivity contribution in [2.24, 2.45) is 0 Å². The highest BCUT2D eigenvalue weighted by Crippen LogP contribution is 2.31. The van der Waals surface area contributed by atoms with E-state index in [1.54, 1.807) is 12.1 Å². The quantitative estimate of drug-likeness (QED) is 0.844. The molecular formula is C15H16ClFN2O. The molecule has 0 saturated heterocycles. The maximum absolute atomic E-state index is 14.2. The van der Waals surface area contributed by atoms with Crippen LogP contribution in [-0.4, -0.2) is 16.1 Å². The number of benzene rings is 1. The van der Waals surface area contributed by atoms with Crippen LogP contribution in [0.2, 0.25) is 5.02 Å². The van der Waals surface area contributed by atoms with Crippen molar-refractivity contribution in [3.63, 3.8) is 0 Å². The molecule has 0 aliphatic carbocycles. The van der Waals surface area contributed by atoms with Gasteiger partial charge in [-0.3, -0.25) is 0 Å². The van der Waals surface area contributed by atoms with Crippen molar-refractivity contribution in [2.75, 3.05) is 0 Å². The molecule has 0 saturated carbocycles. The third-order valence-corrected chi connectivity index (χ3v) is 3.16. The largest absolute Gasteiger partial charge is 0.491 e. The van der Waals surface area contributed by atoms with Crippen molar-refractivity contribution in [1.29, 1.82) is 0 Å². The summed E-state index contributed by atoms with van der Waals surface area (Å²) in [5, 5.41) is 0.395. The predicted molar refractivity (Wildman–Crippen MR) is 77.6 cm³/mol. The van der Waals surface area contributed by atoms with Gasteiger partial charge in [0.15, 0.2) is 0 Å². The first kappa shape index (κ1) is 14.7. The average molecular weight is 295 g/mol. The van der Waals surface area contributed by atoms with Crippen LogP contribution in [0.5, 0.6) is 5.75 Å². The van der Waals surface area contributed by atoms with Crippen molar-refractivity contribution in [1.82, 2.24) is 9.97 Å². The highest BCUT2D eigenvalue weighted by Gasteiger charge is 2.14. The fourth-order valence-electron chi connectivity index (χ4n) is 1.87. The Balaban J connectivity index is 2.43. The number of rotatable bonds is 4. The molecule has 0 aliphatic heterocycles. The van der Waals surface area contributed by atoms with Crippen LogP contribution in [0.3, 0.4) is 0 Å². The molecule has 0 aliphatic rings. The molecule has 5 heteroatoms. The van der Waals surface area contributed by atoms with Gasteiger partial charge in [0.1, 0.15) is 17.9 Å². The van der Waals surface area contributed by atoms with E-state index in [0.29, 0.717) is 34.1 Å². The van der Waals surface area contributed by atoms with Gasteiger partial charge in [0.2, 0.25) is 0 Å². The summed E-state index contributed by atoms with van der Waals surface area (Å²) in [5.41, 5.74) is 1.47. The van der Waals surface area contributed by atoms with E-state index in [-0.39, 0.29) is 6.10 Å². The van der Waals surface area contributed by atoms with Gasteiger partial charge in [0.25, 0.3) is 0 Å². The van der Waals surface area contributed by atoms with E-state index < -0.39 is 5.82 Å². The predicted octanol–water partition coefficient (Wildman–Crippen LogP) is 4.29. The van der Waals surface area contributed by atoms with Crippen LogP contribution >= 0.6 is 11.6 Å². The fraction of sp³-hybridized carbons (Fsp3) is 0.333. The van der Waals surface area contributed by atoms with E-state index in [0.717, 1.165) is 0 Å². The summed E-state index contributed by atoms with van der Waals surface area (Å²) in [5.74, 6) is 0.0768. The molecule has 20 heavy (non-hydrogen) atoms. The average Bonchev–Trinajstić information content (AvgIpc) is 2.39. The Morgan fingerprint density at radius 2 is 2.05 bits per heavy atom. The third kappa shape index (κ3) is 3.07. The van der Waals surface area contributed by atoms with E-state index in [9.17, 15) is 4.39 Å². The zero-order valence-corrected chi connectivity index (χ0v) is 12.4. The van der Waals surface area contributed by atoms with Gasteiger partial charge in [0, 0.05) is 11.6 Å². The molecule has 1 heterocycles. The Morgan fingerprint density at radius 1 is 1.30 bits per heavy atom. The van der Waals surface area contributed by atoms with Crippen molar-refractivity contribution in [2.45, 2.75) is 33.3 Å². The molecule has 0 N–H and O–H groups in total. The van der Waals surface area contributed by atoms with Crippen molar-refractivity contribution < 1.29 is 9.13 Å². The zero-order valence-electron chi connectivity index (χ0n) is 11.7. The van der Waals surface area contributed by atoms with E-state index in [2.05, 4.69) is 9.97 Å². The lowest BCUT2D eigenvalue weighted by molar-refractivity contribution is 0.241. The van der Waals surface area contributed by atoms with Crippen LogP contribution in [0.15, 0.2) is 24.5 Å². The van der Waals surface area contributed by atoms with Crippen LogP contribution in [-0.2, 0) is 6.42 Å². The summed E-state index contributed by atoms with van der Waals surface area (Å²) >= 11 is 6.22. The lowest BCUT2D eigenvalue weighted by atomic mass is 10.1. The molecular weight excluding hydrogens is 279 g/mol. The molecule has 0 spiro atoms. The second kappa shape index (κ2) is 6.18. The summed E-state index contributed by atoms with van der Waals surface area (Å²) < 4.78 is 19.7.